The average Bonchev–Trinajstić information content (AvgIpc) is 2.68. The Labute approximate surface area is 184 Å². The van der Waals surface area contributed by atoms with Crippen molar-refractivity contribution in [1.29, 1.82) is 0 Å². The van der Waals surface area contributed by atoms with Gasteiger partial charge in [0.25, 0.3) is 0 Å². The first kappa shape index (κ1) is 24.9. The molecule has 31 heavy (non-hydrogen) atoms. The van der Waals surface area contributed by atoms with E-state index >= 15 is 0 Å². The molecular formula is C20H28N2O8S. The van der Waals surface area contributed by atoms with Gasteiger partial charge in [-0.25, -0.2) is 4.79 Å². The SMILES string of the molecule is CC(=O)OCC1=C(C(=O)O)N2C(=O)[C@@H](CC(=O)CCCC(NC(C)C)C(=O)O)[C@H]2SC1. The van der Waals surface area contributed by atoms with Crippen LogP contribution in [0.5, 0.6) is 0 Å². The van der Waals surface area contributed by atoms with Gasteiger partial charge < -0.3 is 20.3 Å². The number of rotatable bonds is 12. The van der Waals surface area contributed by atoms with Crippen molar-refractivity contribution >= 4 is 41.4 Å². The van der Waals surface area contributed by atoms with Gasteiger partial charge in [-0.15, -0.1) is 11.8 Å². The van der Waals surface area contributed by atoms with Crippen LogP contribution in [0, 0.1) is 5.92 Å². The fourth-order valence-corrected chi connectivity index (χ4v) is 5.04. The summed E-state index contributed by atoms with van der Waals surface area (Å²) in [4.78, 5) is 60.1. The maximum Gasteiger partial charge on any atom is 0.352 e. The summed E-state index contributed by atoms with van der Waals surface area (Å²) in [5.74, 6) is -3.70. The Morgan fingerprint density at radius 3 is 2.48 bits per heavy atom. The third-order valence-corrected chi connectivity index (χ3v) is 6.43. The predicted octanol–water partition coefficient (Wildman–Crippen LogP) is 1.00. The number of amides is 1. The van der Waals surface area contributed by atoms with Crippen LogP contribution in [-0.4, -0.2) is 74.5 Å². The lowest BCUT2D eigenvalue weighted by Crippen LogP contribution is -2.62. The number of nitrogens with zero attached hydrogens (tertiary/aromatic N) is 1. The second kappa shape index (κ2) is 10.8. The minimum Gasteiger partial charge on any atom is -0.480 e. The van der Waals surface area contributed by atoms with E-state index in [0.717, 1.165) is 0 Å². The van der Waals surface area contributed by atoms with Crippen molar-refractivity contribution in [2.24, 2.45) is 5.92 Å². The highest BCUT2D eigenvalue weighted by atomic mass is 32.2. The molecule has 0 aromatic heterocycles. The van der Waals surface area contributed by atoms with Crippen LogP contribution in [-0.2, 0) is 28.7 Å². The van der Waals surface area contributed by atoms with Crippen molar-refractivity contribution in [3.05, 3.63) is 11.3 Å². The highest BCUT2D eigenvalue weighted by Gasteiger charge is 2.53. The van der Waals surface area contributed by atoms with E-state index in [9.17, 15) is 34.2 Å². The second-order valence-corrected chi connectivity index (χ2v) is 9.01. The lowest BCUT2D eigenvalue weighted by molar-refractivity contribution is -0.154. The maximum atomic E-state index is 12.6. The summed E-state index contributed by atoms with van der Waals surface area (Å²) in [7, 11) is 0. The van der Waals surface area contributed by atoms with Gasteiger partial charge in [0.1, 0.15) is 24.1 Å². The van der Waals surface area contributed by atoms with Gasteiger partial charge in [0.2, 0.25) is 5.91 Å². The molecule has 0 aromatic carbocycles. The molecular weight excluding hydrogens is 428 g/mol. The van der Waals surface area contributed by atoms with Crippen LogP contribution in [0.25, 0.3) is 0 Å². The Kier molecular flexibility index (Phi) is 8.63. The number of thioether (sulfide) groups is 1. The van der Waals surface area contributed by atoms with Gasteiger partial charge in [0, 0.05) is 37.1 Å². The van der Waals surface area contributed by atoms with Crippen molar-refractivity contribution < 1.29 is 38.9 Å². The van der Waals surface area contributed by atoms with Crippen molar-refractivity contribution in [2.75, 3.05) is 12.4 Å². The monoisotopic (exact) mass is 456 g/mol. The number of nitrogens with one attached hydrogen (secondary N) is 1. The van der Waals surface area contributed by atoms with E-state index in [-0.39, 0.29) is 42.7 Å². The van der Waals surface area contributed by atoms with Gasteiger partial charge in [-0.3, -0.25) is 24.1 Å². The first-order valence-corrected chi connectivity index (χ1v) is 11.1. The van der Waals surface area contributed by atoms with Gasteiger partial charge in [-0.05, 0) is 12.8 Å². The van der Waals surface area contributed by atoms with Gasteiger partial charge >= 0.3 is 17.9 Å². The predicted molar refractivity (Wildman–Crippen MR) is 111 cm³/mol. The Balaban J connectivity index is 1.92. The number of ether oxygens (including phenoxy) is 1. The number of aliphatic carboxylic acids is 2. The smallest absolute Gasteiger partial charge is 0.352 e. The molecule has 0 spiro atoms. The van der Waals surface area contributed by atoms with Crippen molar-refractivity contribution in [1.82, 2.24) is 10.2 Å². The number of β-lactam (4-membered cyclic amide) rings is 1. The first-order valence-electron chi connectivity index (χ1n) is 10.1. The molecule has 1 amide bonds. The number of Topliss-reactive ketones (excluding diaryl/α,β-unsaturated/α-hetero) is 1. The highest BCUT2D eigenvalue weighted by Crippen LogP contribution is 2.45. The number of ketones is 1. The lowest BCUT2D eigenvalue weighted by atomic mass is 9.89. The molecule has 11 heteroatoms. The molecule has 0 aromatic rings. The molecule has 0 bridgehead atoms. The summed E-state index contributed by atoms with van der Waals surface area (Å²) >= 11 is 1.34. The summed E-state index contributed by atoms with van der Waals surface area (Å²) in [6, 6.07) is -0.734. The van der Waals surface area contributed by atoms with Gasteiger partial charge in [-0.1, -0.05) is 13.8 Å². The normalized spacial score (nSPS) is 21.4. The van der Waals surface area contributed by atoms with E-state index in [1.807, 2.05) is 13.8 Å². The fourth-order valence-electron chi connectivity index (χ4n) is 3.65. The van der Waals surface area contributed by atoms with E-state index in [4.69, 9.17) is 4.74 Å². The Hall–Kier alpha value is -2.40. The lowest BCUT2D eigenvalue weighted by Gasteiger charge is -2.49. The number of carboxylic acid groups (broad SMARTS) is 2. The van der Waals surface area contributed by atoms with E-state index in [0.29, 0.717) is 18.4 Å². The topological polar surface area (TPSA) is 150 Å². The van der Waals surface area contributed by atoms with Crippen LogP contribution in [0.15, 0.2) is 11.3 Å². The molecule has 2 rings (SSSR count). The van der Waals surface area contributed by atoms with Crippen LogP contribution < -0.4 is 5.32 Å². The molecule has 10 nitrogen and oxygen atoms in total. The molecule has 172 valence electrons. The van der Waals surface area contributed by atoms with Crippen molar-refractivity contribution in [2.45, 2.75) is 63.9 Å². The summed E-state index contributed by atoms with van der Waals surface area (Å²) in [6.07, 6.45) is 0.830. The average molecular weight is 457 g/mol. The van der Waals surface area contributed by atoms with Crippen molar-refractivity contribution in [3.63, 3.8) is 0 Å². The maximum absolute atomic E-state index is 12.6. The zero-order valence-electron chi connectivity index (χ0n) is 17.8. The van der Waals surface area contributed by atoms with Crippen LogP contribution in [0.4, 0.5) is 0 Å². The number of fused-ring (bicyclic) bond motifs is 1. The van der Waals surface area contributed by atoms with Crippen LogP contribution in [0.1, 0.15) is 46.5 Å². The third kappa shape index (κ3) is 6.30. The first-order chi connectivity index (χ1) is 14.5. The van der Waals surface area contributed by atoms with E-state index in [2.05, 4.69) is 5.32 Å². The quantitative estimate of drug-likeness (QED) is 0.287. The molecule has 1 saturated heterocycles. The van der Waals surface area contributed by atoms with E-state index < -0.39 is 41.1 Å². The van der Waals surface area contributed by atoms with Gasteiger partial charge in [0.15, 0.2) is 0 Å². The molecule has 3 atom stereocenters. The molecule has 2 aliphatic rings. The number of carboxylic acids is 2. The van der Waals surface area contributed by atoms with Gasteiger partial charge in [-0.2, -0.15) is 0 Å². The fraction of sp³-hybridized carbons (Fsp3) is 0.650. The van der Waals surface area contributed by atoms with Crippen LogP contribution >= 0.6 is 11.8 Å². The molecule has 1 fully saturated rings. The summed E-state index contributed by atoms with van der Waals surface area (Å²) < 4.78 is 4.89. The van der Waals surface area contributed by atoms with Gasteiger partial charge in [0.05, 0.1) is 11.3 Å². The minimum atomic E-state index is -1.28. The van der Waals surface area contributed by atoms with Crippen LogP contribution in [0.2, 0.25) is 0 Å². The Bertz CT molecular complexity index is 794. The Morgan fingerprint density at radius 1 is 1.26 bits per heavy atom. The second-order valence-electron chi connectivity index (χ2n) is 7.90. The highest BCUT2D eigenvalue weighted by molar-refractivity contribution is 8.00. The molecule has 0 saturated carbocycles. The molecule has 0 aliphatic carbocycles. The molecule has 2 aliphatic heterocycles. The zero-order valence-corrected chi connectivity index (χ0v) is 18.6. The van der Waals surface area contributed by atoms with Crippen molar-refractivity contribution in [3.8, 4) is 0 Å². The number of esters is 1. The standard InChI is InChI=1S/C20H28N2O8S/c1-10(2)21-15(19(26)27)6-4-5-13(24)7-14-17(25)22-16(20(28)29)12(8-30-11(3)23)9-31-18(14)22/h10,14-15,18,21H,4-9H2,1-3H3,(H,26,27)(H,28,29)/t14-,15?,18-/m1/s1. The number of hydrogen-bond acceptors (Lipinski definition) is 8. The number of hydrogen-bond donors (Lipinski definition) is 3. The summed E-state index contributed by atoms with van der Waals surface area (Å²) in [5, 5.41) is 21.2. The molecule has 0 radical (unpaired) electrons. The zero-order chi connectivity index (χ0) is 23.3. The summed E-state index contributed by atoms with van der Waals surface area (Å²) in [6.45, 7) is 4.70. The molecule has 2 heterocycles. The minimum absolute atomic E-state index is 0.000863. The molecule has 3 N–H and O–H groups in total. The Morgan fingerprint density at radius 2 is 1.94 bits per heavy atom. The molecule has 1 unspecified atom stereocenters. The number of carbonyl (C=O) groups is 5. The number of carbonyl (C=O) groups excluding carboxylic acids is 3. The summed E-state index contributed by atoms with van der Waals surface area (Å²) in [5.41, 5.74) is 0.169. The largest absolute Gasteiger partial charge is 0.480 e. The van der Waals surface area contributed by atoms with E-state index in [1.54, 1.807) is 0 Å². The third-order valence-electron chi connectivity index (χ3n) is 5.04. The van der Waals surface area contributed by atoms with E-state index in [1.165, 1.54) is 23.6 Å². The van der Waals surface area contributed by atoms with Crippen LogP contribution in [0.3, 0.4) is 0 Å².